The van der Waals surface area contributed by atoms with Crippen LogP contribution in [0, 0.1) is 11.8 Å². The van der Waals surface area contributed by atoms with Crippen molar-refractivity contribution >= 4 is 24.2 Å². The highest BCUT2D eigenvalue weighted by molar-refractivity contribution is 5.94. The average Bonchev–Trinajstić information content (AvgIpc) is 3.21. The SMILES string of the molecule is CC(N)C1CCCN(C(=O)c2ccc(CNC(=O)C3CCCC3)cc2)C1.Cl. The van der Waals surface area contributed by atoms with Gasteiger partial charge in [0.2, 0.25) is 5.91 Å². The number of nitrogens with one attached hydrogen (secondary N) is 1. The Morgan fingerprint density at radius 3 is 2.44 bits per heavy atom. The molecule has 3 N–H and O–H groups in total. The van der Waals surface area contributed by atoms with Gasteiger partial charge in [-0.15, -0.1) is 12.4 Å². The molecule has 0 radical (unpaired) electrons. The Bertz CT molecular complexity index is 627. The van der Waals surface area contributed by atoms with Gasteiger partial charge in [0.15, 0.2) is 0 Å². The normalized spacial score (nSPS) is 21.4. The van der Waals surface area contributed by atoms with Gasteiger partial charge >= 0.3 is 0 Å². The van der Waals surface area contributed by atoms with Crippen LogP contribution in [0.4, 0.5) is 0 Å². The minimum atomic E-state index is 0. The Hall–Kier alpha value is -1.59. The van der Waals surface area contributed by atoms with Crippen molar-refractivity contribution in [2.24, 2.45) is 17.6 Å². The van der Waals surface area contributed by atoms with E-state index in [1.165, 1.54) is 0 Å². The van der Waals surface area contributed by atoms with E-state index in [2.05, 4.69) is 5.32 Å². The zero-order valence-corrected chi connectivity index (χ0v) is 17.0. The van der Waals surface area contributed by atoms with Gasteiger partial charge in [0, 0.05) is 37.2 Å². The fourth-order valence-corrected chi connectivity index (χ4v) is 4.09. The second-order valence-electron chi connectivity index (χ2n) is 7.91. The number of likely N-dealkylation sites (tertiary alicyclic amines) is 1. The summed E-state index contributed by atoms with van der Waals surface area (Å²) in [5, 5.41) is 3.02. The van der Waals surface area contributed by atoms with E-state index in [1.807, 2.05) is 36.1 Å². The average molecular weight is 394 g/mol. The van der Waals surface area contributed by atoms with Gasteiger partial charge in [-0.05, 0) is 56.2 Å². The van der Waals surface area contributed by atoms with Crippen LogP contribution in [0.5, 0.6) is 0 Å². The molecule has 1 saturated heterocycles. The van der Waals surface area contributed by atoms with Gasteiger partial charge in [-0.2, -0.15) is 0 Å². The predicted octanol–water partition coefficient (Wildman–Crippen LogP) is 3.11. The molecule has 2 unspecified atom stereocenters. The molecule has 3 rings (SSSR count). The minimum Gasteiger partial charge on any atom is -0.352 e. The van der Waals surface area contributed by atoms with Gasteiger partial charge in [0.05, 0.1) is 0 Å². The molecule has 0 aromatic heterocycles. The van der Waals surface area contributed by atoms with Gasteiger partial charge in [0.1, 0.15) is 0 Å². The number of hydrogen-bond donors (Lipinski definition) is 2. The zero-order chi connectivity index (χ0) is 18.5. The molecular formula is C21H32ClN3O2. The van der Waals surface area contributed by atoms with E-state index in [9.17, 15) is 9.59 Å². The zero-order valence-electron chi connectivity index (χ0n) is 16.2. The first-order valence-corrected chi connectivity index (χ1v) is 9.96. The van der Waals surface area contributed by atoms with Crippen LogP contribution in [0.2, 0.25) is 0 Å². The van der Waals surface area contributed by atoms with Crippen molar-refractivity contribution in [2.75, 3.05) is 13.1 Å². The van der Waals surface area contributed by atoms with Crippen molar-refractivity contribution in [1.82, 2.24) is 10.2 Å². The van der Waals surface area contributed by atoms with Crippen LogP contribution in [0.15, 0.2) is 24.3 Å². The smallest absolute Gasteiger partial charge is 0.253 e. The van der Waals surface area contributed by atoms with E-state index < -0.39 is 0 Å². The fraction of sp³-hybridized carbons (Fsp3) is 0.619. The topological polar surface area (TPSA) is 75.4 Å². The molecule has 1 heterocycles. The first-order chi connectivity index (χ1) is 12.5. The van der Waals surface area contributed by atoms with Crippen LogP contribution >= 0.6 is 12.4 Å². The summed E-state index contributed by atoms with van der Waals surface area (Å²) >= 11 is 0. The van der Waals surface area contributed by atoms with Crippen LogP contribution in [0.1, 0.15) is 61.4 Å². The number of carbonyl (C=O) groups excluding carboxylic acids is 2. The number of hydrogen-bond acceptors (Lipinski definition) is 3. The summed E-state index contributed by atoms with van der Waals surface area (Å²) in [6.07, 6.45) is 6.46. The lowest BCUT2D eigenvalue weighted by Gasteiger charge is -2.34. The molecule has 5 nitrogen and oxygen atoms in total. The number of carbonyl (C=O) groups is 2. The molecule has 150 valence electrons. The van der Waals surface area contributed by atoms with Crippen molar-refractivity contribution in [2.45, 2.75) is 58.0 Å². The third-order valence-corrected chi connectivity index (χ3v) is 5.88. The lowest BCUT2D eigenvalue weighted by Crippen LogP contribution is -2.45. The quantitative estimate of drug-likeness (QED) is 0.806. The van der Waals surface area contributed by atoms with Crippen molar-refractivity contribution in [3.63, 3.8) is 0 Å². The highest BCUT2D eigenvalue weighted by Gasteiger charge is 2.26. The lowest BCUT2D eigenvalue weighted by molar-refractivity contribution is -0.124. The lowest BCUT2D eigenvalue weighted by atomic mass is 9.92. The molecule has 2 aliphatic rings. The summed E-state index contributed by atoms with van der Waals surface area (Å²) in [5.41, 5.74) is 7.76. The molecule has 0 bridgehead atoms. The molecule has 1 aliphatic heterocycles. The number of nitrogens with two attached hydrogens (primary N) is 1. The molecule has 6 heteroatoms. The Morgan fingerprint density at radius 2 is 1.81 bits per heavy atom. The Kier molecular flexibility index (Phi) is 8.11. The summed E-state index contributed by atoms with van der Waals surface area (Å²) in [4.78, 5) is 26.8. The number of benzene rings is 1. The van der Waals surface area contributed by atoms with E-state index in [1.54, 1.807) is 0 Å². The van der Waals surface area contributed by atoms with Crippen LogP contribution in [0.25, 0.3) is 0 Å². The first-order valence-electron chi connectivity index (χ1n) is 9.96. The molecule has 2 fully saturated rings. The van der Waals surface area contributed by atoms with Crippen LogP contribution in [0.3, 0.4) is 0 Å². The van der Waals surface area contributed by atoms with Gasteiger partial charge in [-0.25, -0.2) is 0 Å². The third kappa shape index (κ3) is 5.69. The number of nitrogens with zero attached hydrogens (tertiary/aromatic N) is 1. The van der Waals surface area contributed by atoms with Gasteiger partial charge < -0.3 is 16.0 Å². The highest BCUT2D eigenvalue weighted by atomic mass is 35.5. The molecule has 2 amide bonds. The highest BCUT2D eigenvalue weighted by Crippen LogP contribution is 2.25. The van der Waals surface area contributed by atoms with Crippen molar-refractivity contribution in [3.8, 4) is 0 Å². The molecule has 1 aromatic carbocycles. The summed E-state index contributed by atoms with van der Waals surface area (Å²) in [6, 6.07) is 7.74. The summed E-state index contributed by atoms with van der Waals surface area (Å²) in [5.74, 6) is 0.820. The number of piperidine rings is 1. The monoisotopic (exact) mass is 393 g/mol. The molecule has 0 spiro atoms. The Morgan fingerprint density at radius 1 is 1.15 bits per heavy atom. The van der Waals surface area contributed by atoms with E-state index in [-0.39, 0.29) is 36.2 Å². The molecule has 1 aromatic rings. The maximum absolute atomic E-state index is 12.7. The van der Waals surface area contributed by atoms with Crippen molar-refractivity contribution in [1.29, 1.82) is 0 Å². The first kappa shape index (κ1) is 21.7. The van der Waals surface area contributed by atoms with Gasteiger partial charge in [-0.3, -0.25) is 9.59 Å². The van der Waals surface area contributed by atoms with E-state index in [4.69, 9.17) is 5.73 Å². The van der Waals surface area contributed by atoms with Gasteiger partial charge in [0.25, 0.3) is 5.91 Å². The second kappa shape index (κ2) is 10.1. The molecule has 27 heavy (non-hydrogen) atoms. The standard InChI is InChI=1S/C21H31N3O2.ClH/c1-15(22)19-7-4-12-24(14-19)21(26)18-10-8-16(9-11-18)13-23-20(25)17-5-2-3-6-17;/h8-11,15,17,19H,2-7,12-14,22H2,1H3,(H,23,25);1H. The summed E-state index contributed by atoms with van der Waals surface area (Å²) in [7, 11) is 0. The summed E-state index contributed by atoms with van der Waals surface area (Å²) < 4.78 is 0. The van der Waals surface area contributed by atoms with Crippen molar-refractivity contribution in [3.05, 3.63) is 35.4 Å². The van der Waals surface area contributed by atoms with Crippen molar-refractivity contribution < 1.29 is 9.59 Å². The third-order valence-electron chi connectivity index (χ3n) is 5.88. The van der Waals surface area contributed by atoms with E-state index in [0.29, 0.717) is 18.0 Å². The minimum absolute atomic E-state index is 0. The number of amides is 2. The van der Waals surface area contributed by atoms with Crippen LogP contribution in [-0.4, -0.2) is 35.8 Å². The largest absolute Gasteiger partial charge is 0.352 e. The van der Waals surface area contributed by atoms with E-state index >= 15 is 0 Å². The molecular weight excluding hydrogens is 362 g/mol. The molecule has 1 aliphatic carbocycles. The van der Waals surface area contributed by atoms with Crippen LogP contribution < -0.4 is 11.1 Å². The maximum Gasteiger partial charge on any atom is 0.253 e. The van der Waals surface area contributed by atoms with E-state index in [0.717, 1.165) is 57.2 Å². The van der Waals surface area contributed by atoms with Crippen LogP contribution in [-0.2, 0) is 11.3 Å². The molecule has 2 atom stereocenters. The maximum atomic E-state index is 12.7. The second-order valence-corrected chi connectivity index (χ2v) is 7.91. The predicted molar refractivity (Wildman–Crippen MR) is 110 cm³/mol. The molecule has 1 saturated carbocycles. The summed E-state index contributed by atoms with van der Waals surface area (Å²) in [6.45, 7) is 4.10. The fourth-order valence-electron chi connectivity index (χ4n) is 4.09. The Labute approximate surface area is 168 Å². The van der Waals surface area contributed by atoms with Gasteiger partial charge in [-0.1, -0.05) is 25.0 Å². The Balaban J connectivity index is 0.00000261. The number of rotatable bonds is 5. The number of halogens is 1.